The van der Waals surface area contributed by atoms with Crippen LogP contribution in [-0.4, -0.2) is 43.0 Å². The third-order valence-electron chi connectivity index (χ3n) is 5.25. The summed E-state index contributed by atoms with van der Waals surface area (Å²) in [6, 6.07) is 6.53. The number of aliphatic hydroxyl groups is 1. The molecule has 1 saturated carbocycles. The van der Waals surface area contributed by atoms with Crippen LogP contribution in [0.4, 0.5) is 0 Å². The van der Waals surface area contributed by atoms with Gasteiger partial charge in [0, 0.05) is 12.0 Å². The number of carbonyl (C=O) groups excluding carboxylic acids is 2. The molecule has 1 atom stereocenters. The van der Waals surface area contributed by atoms with Crippen LogP contribution in [0, 0.1) is 5.92 Å². The molecule has 0 radical (unpaired) electrons. The number of aliphatic hydroxyl groups excluding tert-OH is 1. The Morgan fingerprint density at radius 1 is 1.26 bits per heavy atom. The molecule has 6 nitrogen and oxygen atoms in total. The standard InChI is InChI=1S/C21H26O6/c1-25-18-9-7-16(8-10-18)19(23)26-14-21(13-22)12-17(20(24)27-21)11-15-5-3-2-4-6-15/h7-11,15,22H,2-6,12-14H2,1H3/b17-11+. The highest BCUT2D eigenvalue weighted by Crippen LogP contribution is 2.34. The van der Waals surface area contributed by atoms with Crippen LogP contribution in [0.15, 0.2) is 35.9 Å². The Hall–Kier alpha value is -2.34. The number of carbonyl (C=O) groups is 2. The quantitative estimate of drug-likeness (QED) is 0.609. The fourth-order valence-electron chi connectivity index (χ4n) is 3.65. The van der Waals surface area contributed by atoms with Gasteiger partial charge in [-0.15, -0.1) is 0 Å². The molecule has 1 aliphatic heterocycles. The van der Waals surface area contributed by atoms with Crippen LogP contribution < -0.4 is 4.74 Å². The second-order valence-electron chi connectivity index (χ2n) is 7.30. The maximum Gasteiger partial charge on any atom is 0.338 e. The summed E-state index contributed by atoms with van der Waals surface area (Å²) in [5, 5.41) is 9.80. The van der Waals surface area contributed by atoms with Crippen LogP contribution in [-0.2, 0) is 14.3 Å². The van der Waals surface area contributed by atoms with Crippen LogP contribution in [0.25, 0.3) is 0 Å². The van der Waals surface area contributed by atoms with Crippen molar-refractivity contribution in [2.75, 3.05) is 20.3 Å². The molecule has 1 unspecified atom stereocenters. The number of hydrogen-bond acceptors (Lipinski definition) is 6. The van der Waals surface area contributed by atoms with E-state index in [1.54, 1.807) is 31.4 Å². The summed E-state index contributed by atoms with van der Waals surface area (Å²) in [6.07, 6.45) is 8.00. The molecule has 2 aliphatic rings. The van der Waals surface area contributed by atoms with Gasteiger partial charge in [-0.25, -0.2) is 9.59 Å². The molecule has 146 valence electrons. The third-order valence-corrected chi connectivity index (χ3v) is 5.25. The van der Waals surface area contributed by atoms with Gasteiger partial charge in [-0.05, 0) is 43.0 Å². The maximum absolute atomic E-state index is 12.3. The Balaban J connectivity index is 1.62. The molecule has 0 spiro atoms. The van der Waals surface area contributed by atoms with Crippen molar-refractivity contribution >= 4 is 11.9 Å². The van der Waals surface area contributed by atoms with Crippen LogP contribution in [0.3, 0.4) is 0 Å². The zero-order valence-corrected chi connectivity index (χ0v) is 15.6. The molecule has 1 aromatic carbocycles. The van der Waals surface area contributed by atoms with E-state index in [-0.39, 0.29) is 13.0 Å². The number of hydrogen-bond donors (Lipinski definition) is 1. The average Bonchev–Trinajstić information content (AvgIpc) is 3.03. The number of allylic oxidation sites excluding steroid dienone is 1. The van der Waals surface area contributed by atoms with Gasteiger partial charge in [0.1, 0.15) is 12.4 Å². The number of rotatable bonds is 6. The Kier molecular flexibility index (Phi) is 6.16. The fourth-order valence-corrected chi connectivity index (χ4v) is 3.65. The normalized spacial score (nSPS) is 24.7. The lowest BCUT2D eigenvalue weighted by Gasteiger charge is -2.24. The molecule has 0 bridgehead atoms. The molecule has 3 rings (SSSR count). The van der Waals surface area contributed by atoms with E-state index in [9.17, 15) is 14.7 Å². The van der Waals surface area contributed by atoms with Gasteiger partial charge in [0.05, 0.1) is 19.3 Å². The average molecular weight is 374 g/mol. The van der Waals surface area contributed by atoms with Crippen LogP contribution in [0.5, 0.6) is 5.75 Å². The van der Waals surface area contributed by atoms with Crippen LogP contribution >= 0.6 is 0 Å². The van der Waals surface area contributed by atoms with Crippen molar-refractivity contribution in [2.45, 2.75) is 44.1 Å². The van der Waals surface area contributed by atoms with Gasteiger partial charge in [-0.1, -0.05) is 25.3 Å². The molecular weight excluding hydrogens is 348 g/mol. The Morgan fingerprint density at radius 2 is 1.96 bits per heavy atom. The van der Waals surface area contributed by atoms with Crippen molar-refractivity contribution in [1.29, 1.82) is 0 Å². The molecule has 1 N–H and O–H groups in total. The van der Waals surface area contributed by atoms with Gasteiger partial charge in [-0.2, -0.15) is 0 Å². The van der Waals surface area contributed by atoms with Crippen molar-refractivity contribution in [2.24, 2.45) is 5.92 Å². The highest BCUT2D eigenvalue weighted by Gasteiger charge is 2.44. The van der Waals surface area contributed by atoms with E-state index >= 15 is 0 Å². The largest absolute Gasteiger partial charge is 0.497 e. The second-order valence-corrected chi connectivity index (χ2v) is 7.30. The summed E-state index contributed by atoms with van der Waals surface area (Å²) in [4.78, 5) is 24.5. The minimum absolute atomic E-state index is 0.178. The number of esters is 2. The first-order valence-corrected chi connectivity index (χ1v) is 9.41. The van der Waals surface area contributed by atoms with Crippen molar-refractivity contribution in [3.8, 4) is 5.75 Å². The Labute approximate surface area is 159 Å². The Morgan fingerprint density at radius 3 is 2.59 bits per heavy atom. The molecular formula is C21H26O6. The molecule has 1 heterocycles. The predicted molar refractivity (Wildman–Crippen MR) is 98.5 cm³/mol. The molecule has 1 aromatic rings. The number of cyclic esters (lactones) is 1. The zero-order chi connectivity index (χ0) is 19.3. The summed E-state index contributed by atoms with van der Waals surface area (Å²) in [7, 11) is 1.55. The summed E-state index contributed by atoms with van der Waals surface area (Å²) in [5.74, 6) is 0.0691. The van der Waals surface area contributed by atoms with E-state index in [4.69, 9.17) is 14.2 Å². The first kappa shape index (κ1) is 19.4. The highest BCUT2D eigenvalue weighted by atomic mass is 16.6. The SMILES string of the molecule is COc1ccc(C(=O)OCC2(CO)C/C(=C\C3CCCCC3)C(=O)O2)cc1. The smallest absolute Gasteiger partial charge is 0.338 e. The predicted octanol–water partition coefficient (Wildman–Crippen LogP) is 3.04. The molecule has 1 saturated heterocycles. The van der Waals surface area contributed by atoms with E-state index in [0.717, 1.165) is 12.8 Å². The minimum Gasteiger partial charge on any atom is -0.497 e. The monoisotopic (exact) mass is 374 g/mol. The van der Waals surface area contributed by atoms with Gasteiger partial charge in [0.15, 0.2) is 5.60 Å². The van der Waals surface area contributed by atoms with E-state index in [2.05, 4.69) is 0 Å². The highest BCUT2D eigenvalue weighted by molar-refractivity contribution is 5.92. The maximum atomic E-state index is 12.3. The lowest BCUT2D eigenvalue weighted by atomic mass is 9.86. The first-order valence-electron chi connectivity index (χ1n) is 9.41. The topological polar surface area (TPSA) is 82.1 Å². The molecule has 27 heavy (non-hydrogen) atoms. The van der Waals surface area contributed by atoms with Crippen molar-refractivity contribution < 1.29 is 28.9 Å². The van der Waals surface area contributed by atoms with Gasteiger partial charge in [-0.3, -0.25) is 0 Å². The van der Waals surface area contributed by atoms with Crippen molar-refractivity contribution in [3.63, 3.8) is 0 Å². The molecule has 0 amide bonds. The Bertz CT molecular complexity index is 702. The van der Waals surface area contributed by atoms with Gasteiger partial charge >= 0.3 is 11.9 Å². The zero-order valence-electron chi connectivity index (χ0n) is 15.6. The number of ether oxygens (including phenoxy) is 3. The summed E-state index contributed by atoms with van der Waals surface area (Å²) < 4.78 is 15.8. The molecule has 6 heteroatoms. The first-order chi connectivity index (χ1) is 13.0. The summed E-state index contributed by atoms with van der Waals surface area (Å²) in [6.45, 7) is -0.571. The lowest BCUT2D eigenvalue weighted by molar-refractivity contribution is -0.154. The van der Waals surface area contributed by atoms with Crippen molar-refractivity contribution in [1.82, 2.24) is 0 Å². The van der Waals surface area contributed by atoms with E-state index in [1.807, 2.05) is 6.08 Å². The van der Waals surface area contributed by atoms with Crippen LogP contribution in [0.2, 0.25) is 0 Å². The summed E-state index contributed by atoms with van der Waals surface area (Å²) in [5.41, 5.74) is -0.248. The number of benzene rings is 1. The molecule has 1 aliphatic carbocycles. The summed E-state index contributed by atoms with van der Waals surface area (Å²) >= 11 is 0. The molecule has 0 aromatic heterocycles. The number of methoxy groups -OCH3 is 1. The fraction of sp³-hybridized carbons (Fsp3) is 0.524. The van der Waals surface area contributed by atoms with E-state index < -0.39 is 24.1 Å². The van der Waals surface area contributed by atoms with Gasteiger partial charge in [0.25, 0.3) is 0 Å². The molecule has 2 fully saturated rings. The second kappa shape index (κ2) is 8.57. The van der Waals surface area contributed by atoms with E-state index in [1.165, 1.54) is 19.3 Å². The van der Waals surface area contributed by atoms with Gasteiger partial charge in [0.2, 0.25) is 0 Å². The third kappa shape index (κ3) is 4.69. The van der Waals surface area contributed by atoms with Gasteiger partial charge < -0.3 is 19.3 Å². The minimum atomic E-state index is -1.19. The van der Waals surface area contributed by atoms with Crippen molar-refractivity contribution in [3.05, 3.63) is 41.5 Å². The lowest BCUT2D eigenvalue weighted by Crippen LogP contribution is -2.39. The van der Waals surface area contributed by atoms with E-state index in [0.29, 0.717) is 22.8 Å². The van der Waals surface area contributed by atoms with Crippen LogP contribution in [0.1, 0.15) is 48.9 Å².